The number of halogens is 1. The van der Waals surface area contributed by atoms with Crippen molar-refractivity contribution in [2.45, 2.75) is 6.92 Å². The van der Waals surface area contributed by atoms with Gasteiger partial charge in [-0.25, -0.2) is 0 Å². The first kappa shape index (κ1) is 19.7. The molecule has 0 unspecified atom stereocenters. The van der Waals surface area contributed by atoms with Crippen LogP contribution in [-0.2, 0) is 4.79 Å². The highest BCUT2D eigenvalue weighted by Gasteiger charge is 2.30. The maximum absolute atomic E-state index is 12.4. The van der Waals surface area contributed by atoms with Crippen LogP contribution < -0.4 is 9.47 Å². The highest BCUT2D eigenvalue weighted by Crippen LogP contribution is 2.34. The van der Waals surface area contributed by atoms with Crippen LogP contribution in [-0.4, -0.2) is 34.9 Å². The molecule has 0 spiro atoms. The van der Waals surface area contributed by atoms with Crippen molar-refractivity contribution in [3.8, 4) is 11.5 Å². The molecule has 1 aliphatic heterocycles. The monoisotopic (exact) mass is 419 g/mol. The number of para-hydroxylation sites is 2. The topological polar surface area (TPSA) is 38.8 Å². The number of carbonyl (C=O) groups is 1. The number of benzene rings is 2. The van der Waals surface area contributed by atoms with Gasteiger partial charge >= 0.3 is 0 Å². The number of thiocarbonyl (C=S) groups is 1. The minimum Gasteiger partial charge on any atom is -0.489 e. The maximum atomic E-state index is 12.4. The van der Waals surface area contributed by atoms with E-state index in [2.05, 4.69) is 0 Å². The molecule has 2 aromatic carbocycles. The Balaban J connectivity index is 1.64. The summed E-state index contributed by atoms with van der Waals surface area (Å²) in [5, 5.41) is 0.566. The van der Waals surface area contributed by atoms with E-state index < -0.39 is 0 Å². The van der Waals surface area contributed by atoms with Gasteiger partial charge in [-0.1, -0.05) is 65.9 Å². The Kier molecular flexibility index (Phi) is 6.77. The van der Waals surface area contributed by atoms with Crippen LogP contribution in [0.5, 0.6) is 11.5 Å². The Bertz CT molecular complexity index is 885. The van der Waals surface area contributed by atoms with Gasteiger partial charge in [0.15, 0.2) is 0 Å². The molecule has 0 saturated carbocycles. The Morgan fingerprint density at radius 2 is 1.70 bits per heavy atom. The third kappa shape index (κ3) is 4.83. The van der Waals surface area contributed by atoms with Crippen molar-refractivity contribution in [1.29, 1.82) is 0 Å². The summed E-state index contributed by atoms with van der Waals surface area (Å²) in [5.74, 6) is 1.24. The highest BCUT2D eigenvalue weighted by atomic mass is 35.5. The van der Waals surface area contributed by atoms with Crippen LogP contribution in [0.25, 0.3) is 6.08 Å². The fraction of sp³-hybridized carbons (Fsp3) is 0.200. The van der Waals surface area contributed by atoms with Crippen LogP contribution in [0.1, 0.15) is 12.5 Å². The summed E-state index contributed by atoms with van der Waals surface area (Å²) >= 11 is 12.6. The predicted octanol–water partition coefficient (Wildman–Crippen LogP) is 5.02. The van der Waals surface area contributed by atoms with Crippen molar-refractivity contribution < 1.29 is 14.3 Å². The van der Waals surface area contributed by atoms with Crippen LogP contribution in [0.15, 0.2) is 53.4 Å². The minimum atomic E-state index is -0.0654. The zero-order valence-electron chi connectivity index (χ0n) is 14.7. The summed E-state index contributed by atoms with van der Waals surface area (Å²) in [6, 6.07) is 14.9. The first-order valence-corrected chi connectivity index (χ1v) is 10.0. The van der Waals surface area contributed by atoms with Crippen molar-refractivity contribution in [3.63, 3.8) is 0 Å². The molecule has 1 fully saturated rings. The van der Waals surface area contributed by atoms with Crippen molar-refractivity contribution in [2.75, 3.05) is 19.8 Å². The van der Waals surface area contributed by atoms with E-state index in [9.17, 15) is 4.79 Å². The molecule has 0 aliphatic carbocycles. The van der Waals surface area contributed by atoms with Crippen LogP contribution >= 0.6 is 35.6 Å². The van der Waals surface area contributed by atoms with E-state index in [1.54, 1.807) is 11.0 Å². The fourth-order valence-electron chi connectivity index (χ4n) is 2.51. The maximum Gasteiger partial charge on any atom is 0.266 e. The molecular formula is C20H18ClNO3S2. The molecule has 0 aromatic heterocycles. The molecule has 0 atom stereocenters. The third-order valence-corrected chi connectivity index (χ3v) is 5.52. The largest absolute Gasteiger partial charge is 0.489 e. The normalized spacial score (nSPS) is 15.5. The number of amides is 1. The zero-order valence-corrected chi connectivity index (χ0v) is 17.1. The molecule has 2 aromatic rings. The predicted molar refractivity (Wildman–Crippen MR) is 114 cm³/mol. The number of hydrogen-bond acceptors (Lipinski definition) is 5. The number of rotatable bonds is 7. The average molecular weight is 420 g/mol. The van der Waals surface area contributed by atoms with Gasteiger partial charge in [-0.15, -0.1) is 0 Å². The quantitative estimate of drug-likeness (QED) is 0.358. The fourth-order valence-corrected chi connectivity index (χ4v) is 4.08. The molecule has 0 N–H and O–H groups in total. The first-order chi connectivity index (χ1) is 13.1. The van der Waals surface area contributed by atoms with E-state index in [0.717, 1.165) is 5.56 Å². The summed E-state index contributed by atoms with van der Waals surface area (Å²) in [5.41, 5.74) is 0.826. The number of ether oxygens (including phenoxy) is 2. The van der Waals surface area contributed by atoms with Crippen molar-refractivity contribution >= 4 is 51.9 Å². The summed E-state index contributed by atoms with van der Waals surface area (Å²) in [6.45, 7) is 3.19. The molecule has 3 rings (SSSR count). The number of carbonyl (C=O) groups excluding carboxylic acids is 1. The minimum absolute atomic E-state index is 0.0654. The van der Waals surface area contributed by atoms with Gasteiger partial charge in [-0.3, -0.25) is 9.69 Å². The average Bonchev–Trinajstić information content (AvgIpc) is 2.94. The molecule has 7 heteroatoms. The lowest BCUT2D eigenvalue weighted by Crippen LogP contribution is -2.27. The van der Waals surface area contributed by atoms with Crippen LogP contribution in [0.2, 0.25) is 5.02 Å². The van der Waals surface area contributed by atoms with E-state index in [-0.39, 0.29) is 5.91 Å². The number of hydrogen-bond donors (Lipinski definition) is 0. The van der Waals surface area contributed by atoms with Gasteiger partial charge in [-0.05, 0) is 31.2 Å². The molecule has 1 amide bonds. The lowest BCUT2D eigenvalue weighted by Gasteiger charge is -2.11. The lowest BCUT2D eigenvalue weighted by molar-refractivity contribution is -0.121. The summed E-state index contributed by atoms with van der Waals surface area (Å²) < 4.78 is 12.1. The number of thioether (sulfide) groups is 1. The molecular weight excluding hydrogens is 402 g/mol. The van der Waals surface area contributed by atoms with E-state index >= 15 is 0 Å². The highest BCUT2D eigenvalue weighted by molar-refractivity contribution is 8.26. The molecule has 0 radical (unpaired) electrons. The first-order valence-electron chi connectivity index (χ1n) is 8.44. The van der Waals surface area contributed by atoms with Gasteiger partial charge in [0.25, 0.3) is 5.91 Å². The van der Waals surface area contributed by atoms with E-state index in [1.165, 1.54) is 11.8 Å². The summed E-state index contributed by atoms with van der Waals surface area (Å²) in [7, 11) is 0. The second kappa shape index (κ2) is 9.26. The summed E-state index contributed by atoms with van der Waals surface area (Å²) in [6.07, 6.45) is 1.82. The number of likely N-dealkylation sites (N-methyl/N-ethyl adjacent to an activating group) is 1. The van der Waals surface area contributed by atoms with Gasteiger partial charge in [0, 0.05) is 12.1 Å². The Morgan fingerprint density at radius 1 is 1.07 bits per heavy atom. The molecule has 140 valence electrons. The number of nitrogens with zero attached hydrogens (tertiary/aromatic N) is 1. The smallest absolute Gasteiger partial charge is 0.266 e. The standard InChI is InChI=1S/C20H18ClNO3S2/c1-2-22-19(23)18(27-20(22)26)13-14-7-3-5-9-16(14)24-11-12-25-17-10-6-4-8-15(17)21/h3-10,13H,2,11-12H2,1H3/b18-13-. The Labute approximate surface area is 173 Å². The lowest BCUT2D eigenvalue weighted by atomic mass is 10.2. The second-order valence-electron chi connectivity index (χ2n) is 5.59. The second-order valence-corrected chi connectivity index (χ2v) is 7.67. The molecule has 1 aliphatic rings. The van der Waals surface area contributed by atoms with Crippen molar-refractivity contribution in [1.82, 2.24) is 4.90 Å². The van der Waals surface area contributed by atoms with Crippen LogP contribution in [0.4, 0.5) is 0 Å². The Hall–Kier alpha value is -2.02. The van der Waals surface area contributed by atoms with Gasteiger partial charge in [0.2, 0.25) is 0 Å². The zero-order chi connectivity index (χ0) is 19.2. The molecule has 1 heterocycles. The molecule has 1 saturated heterocycles. The van der Waals surface area contributed by atoms with Crippen LogP contribution in [0, 0.1) is 0 Å². The van der Waals surface area contributed by atoms with E-state index in [1.807, 2.05) is 55.5 Å². The third-order valence-electron chi connectivity index (χ3n) is 3.83. The summed E-state index contributed by atoms with van der Waals surface area (Å²) in [4.78, 5) is 14.6. The van der Waals surface area contributed by atoms with E-state index in [4.69, 9.17) is 33.3 Å². The van der Waals surface area contributed by atoms with Crippen molar-refractivity contribution in [3.05, 3.63) is 64.0 Å². The molecule has 4 nitrogen and oxygen atoms in total. The van der Waals surface area contributed by atoms with Crippen molar-refractivity contribution in [2.24, 2.45) is 0 Å². The molecule has 0 bridgehead atoms. The SMILES string of the molecule is CCN1C(=O)/C(=C/c2ccccc2OCCOc2ccccc2Cl)SC1=S. The van der Waals surface area contributed by atoms with E-state index in [0.29, 0.717) is 45.5 Å². The Morgan fingerprint density at radius 3 is 2.37 bits per heavy atom. The molecule has 27 heavy (non-hydrogen) atoms. The van der Waals surface area contributed by atoms with Gasteiger partial charge in [0.1, 0.15) is 29.0 Å². The van der Waals surface area contributed by atoms with Crippen LogP contribution in [0.3, 0.4) is 0 Å². The van der Waals surface area contributed by atoms with Gasteiger partial charge in [-0.2, -0.15) is 0 Å². The van der Waals surface area contributed by atoms with Gasteiger partial charge in [0.05, 0.1) is 9.93 Å². The van der Waals surface area contributed by atoms with Gasteiger partial charge < -0.3 is 9.47 Å².